The topological polar surface area (TPSA) is 54.5 Å². The Balaban J connectivity index is 2.76. The molecule has 1 aromatic carbocycles. The Hall–Kier alpha value is -2.53. The molecule has 0 aliphatic carbocycles. The molecular formula is C21H21ClFNO3. The Morgan fingerprint density at radius 1 is 1.26 bits per heavy atom. The maximum absolute atomic E-state index is 14.7. The zero-order valence-electron chi connectivity index (χ0n) is 15.5. The van der Waals surface area contributed by atoms with Crippen LogP contribution < -0.4 is 4.90 Å². The Bertz CT molecular complexity index is 867. The van der Waals surface area contributed by atoms with Crippen molar-refractivity contribution in [3.63, 3.8) is 0 Å². The third-order valence-electron chi connectivity index (χ3n) is 4.41. The van der Waals surface area contributed by atoms with E-state index in [0.29, 0.717) is 5.57 Å². The molecule has 0 N–H and O–H groups in total. The summed E-state index contributed by atoms with van der Waals surface area (Å²) in [6.07, 6.45) is 4.42. The smallest absolute Gasteiger partial charge is 0.295 e. The fraction of sp³-hybridized carbons (Fsp3) is 0.286. The Morgan fingerprint density at radius 2 is 1.89 bits per heavy atom. The van der Waals surface area contributed by atoms with E-state index in [9.17, 15) is 18.8 Å². The van der Waals surface area contributed by atoms with Crippen LogP contribution in [0.1, 0.15) is 20.8 Å². The van der Waals surface area contributed by atoms with Crippen molar-refractivity contribution in [1.29, 1.82) is 0 Å². The molecule has 1 amide bonds. The van der Waals surface area contributed by atoms with Crippen molar-refractivity contribution in [2.24, 2.45) is 11.3 Å². The molecule has 4 nitrogen and oxygen atoms in total. The number of hydrogen-bond donors (Lipinski definition) is 0. The van der Waals surface area contributed by atoms with E-state index in [1.54, 1.807) is 26.8 Å². The van der Waals surface area contributed by atoms with Crippen LogP contribution in [0.15, 0.2) is 55.2 Å². The molecular weight excluding hydrogens is 369 g/mol. The minimum atomic E-state index is -1.28. The number of carbonyl (C=O) groups is 3. The van der Waals surface area contributed by atoms with E-state index in [-0.39, 0.29) is 10.7 Å². The monoisotopic (exact) mass is 389 g/mol. The largest absolute Gasteiger partial charge is 0.298 e. The molecule has 0 radical (unpaired) electrons. The number of carbonyl (C=O) groups excluding carboxylic acids is 3. The van der Waals surface area contributed by atoms with Crippen molar-refractivity contribution in [2.45, 2.75) is 26.8 Å². The van der Waals surface area contributed by atoms with E-state index < -0.39 is 40.7 Å². The highest BCUT2D eigenvalue weighted by Gasteiger charge is 2.54. The van der Waals surface area contributed by atoms with Crippen LogP contribution in [0.25, 0.3) is 0 Å². The van der Waals surface area contributed by atoms with Crippen molar-refractivity contribution in [3.05, 3.63) is 66.0 Å². The zero-order chi connectivity index (χ0) is 20.5. The van der Waals surface area contributed by atoms with Gasteiger partial charge in [0, 0.05) is 5.41 Å². The highest BCUT2D eigenvalue weighted by molar-refractivity contribution is 6.48. The molecule has 1 heterocycles. The van der Waals surface area contributed by atoms with Gasteiger partial charge in [-0.05, 0) is 17.7 Å². The van der Waals surface area contributed by atoms with Crippen molar-refractivity contribution < 1.29 is 18.8 Å². The van der Waals surface area contributed by atoms with Gasteiger partial charge in [-0.15, -0.1) is 0 Å². The highest BCUT2D eigenvalue weighted by atomic mass is 35.5. The van der Waals surface area contributed by atoms with Crippen LogP contribution in [0.5, 0.6) is 0 Å². The first-order valence-electron chi connectivity index (χ1n) is 8.37. The summed E-state index contributed by atoms with van der Waals surface area (Å²) in [4.78, 5) is 39.5. The minimum Gasteiger partial charge on any atom is -0.298 e. The molecule has 0 aromatic heterocycles. The lowest BCUT2D eigenvalue weighted by Crippen LogP contribution is -2.42. The predicted octanol–water partition coefficient (Wildman–Crippen LogP) is 4.29. The average Bonchev–Trinajstić information content (AvgIpc) is 2.85. The van der Waals surface area contributed by atoms with Crippen molar-refractivity contribution in [1.82, 2.24) is 0 Å². The van der Waals surface area contributed by atoms with Crippen LogP contribution in [0.4, 0.5) is 10.1 Å². The number of Topliss-reactive ketones (excluding diaryl/α,β-unsaturated/α-hetero) is 2. The summed E-state index contributed by atoms with van der Waals surface area (Å²) in [7, 11) is 0. The molecule has 2 atom stereocenters. The molecule has 2 unspecified atom stereocenters. The van der Waals surface area contributed by atoms with Gasteiger partial charge < -0.3 is 0 Å². The summed E-state index contributed by atoms with van der Waals surface area (Å²) >= 11 is 5.85. The van der Waals surface area contributed by atoms with Crippen molar-refractivity contribution >= 4 is 34.8 Å². The fourth-order valence-electron chi connectivity index (χ4n) is 3.10. The minimum absolute atomic E-state index is 0.160. The van der Waals surface area contributed by atoms with Gasteiger partial charge in [-0.3, -0.25) is 19.3 Å². The van der Waals surface area contributed by atoms with E-state index in [1.807, 2.05) is 0 Å². The van der Waals surface area contributed by atoms with E-state index in [2.05, 4.69) is 13.2 Å². The van der Waals surface area contributed by atoms with E-state index in [4.69, 9.17) is 11.6 Å². The zero-order valence-corrected chi connectivity index (χ0v) is 16.2. The average molecular weight is 390 g/mol. The maximum atomic E-state index is 14.7. The van der Waals surface area contributed by atoms with Crippen molar-refractivity contribution in [3.8, 4) is 0 Å². The van der Waals surface area contributed by atoms with Gasteiger partial charge in [0.05, 0.1) is 16.8 Å². The molecule has 0 spiro atoms. The van der Waals surface area contributed by atoms with Crippen LogP contribution in [-0.4, -0.2) is 23.5 Å². The molecule has 1 aliphatic rings. The fourth-order valence-corrected chi connectivity index (χ4v) is 3.27. The Kier molecular flexibility index (Phi) is 5.85. The molecule has 2 rings (SSSR count). The van der Waals surface area contributed by atoms with Gasteiger partial charge >= 0.3 is 0 Å². The summed E-state index contributed by atoms with van der Waals surface area (Å²) in [5.74, 6) is -4.36. The number of hydrogen-bond acceptors (Lipinski definition) is 3. The van der Waals surface area contributed by atoms with Crippen molar-refractivity contribution in [2.75, 3.05) is 4.90 Å². The molecule has 1 saturated heterocycles. The van der Waals surface area contributed by atoms with Gasteiger partial charge in [-0.1, -0.05) is 69.8 Å². The van der Waals surface area contributed by atoms with Gasteiger partial charge in [-0.25, -0.2) is 4.39 Å². The number of benzene rings is 1. The number of anilines is 1. The van der Waals surface area contributed by atoms with Crippen LogP contribution in [0, 0.1) is 17.2 Å². The standard InChI is InChI=1S/C21H21ClFNO3/c1-6-9-12(7-2)17-15(19(26)21(3,4)5)18(25)20(27)24(17)14-11-8-10-13(22)16(14)23/h6-11,15,17H,1-2H2,3-5H3. The molecule has 6 heteroatoms. The first-order valence-corrected chi connectivity index (χ1v) is 8.74. The first-order chi connectivity index (χ1) is 12.6. The van der Waals surface area contributed by atoms with Gasteiger partial charge in [0.1, 0.15) is 5.92 Å². The number of amides is 1. The second-order valence-electron chi connectivity index (χ2n) is 7.26. The number of nitrogens with zero attached hydrogens (tertiary/aromatic N) is 1. The summed E-state index contributed by atoms with van der Waals surface area (Å²) in [5.41, 5.74) is -0.625. The predicted molar refractivity (Wildman–Crippen MR) is 104 cm³/mol. The van der Waals surface area contributed by atoms with E-state index in [1.165, 1.54) is 30.4 Å². The number of allylic oxidation sites excluding steroid dienone is 2. The SMILES string of the molecule is C=CC=C(C=C)C1C(C(=O)C(C)(C)C)C(=O)C(=O)N1c1cccc(Cl)c1F. The normalized spacial score (nSPS) is 20.8. The second-order valence-corrected chi connectivity index (χ2v) is 7.66. The van der Waals surface area contributed by atoms with Crippen LogP contribution in [0.3, 0.4) is 0 Å². The molecule has 27 heavy (non-hydrogen) atoms. The lowest BCUT2D eigenvalue weighted by molar-refractivity contribution is -0.141. The lowest BCUT2D eigenvalue weighted by Gasteiger charge is -2.30. The van der Waals surface area contributed by atoms with Gasteiger partial charge in [-0.2, -0.15) is 0 Å². The Morgan fingerprint density at radius 3 is 2.41 bits per heavy atom. The van der Waals surface area contributed by atoms with Crippen LogP contribution in [0.2, 0.25) is 5.02 Å². The molecule has 142 valence electrons. The number of halogens is 2. The Labute approximate surface area is 163 Å². The second kappa shape index (κ2) is 7.61. The summed E-state index contributed by atoms with van der Waals surface area (Å²) in [5, 5.41) is -0.190. The van der Waals surface area contributed by atoms with Crippen LogP contribution in [-0.2, 0) is 14.4 Å². The van der Waals surface area contributed by atoms with Gasteiger partial charge in [0.25, 0.3) is 5.91 Å². The summed E-state index contributed by atoms with van der Waals surface area (Å²) in [6.45, 7) is 12.3. The van der Waals surface area contributed by atoms with E-state index >= 15 is 0 Å². The highest BCUT2D eigenvalue weighted by Crippen LogP contribution is 2.39. The molecule has 1 fully saturated rings. The summed E-state index contributed by atoms with van der Waals surface area (Å²) < 4.78 is 14.7. The molecule has 1 aliphatic heterocycles. The quantitative estimate of drug-likeness (QED) is 0.428. The van der Waals surface area contributed by atoms with E-state index in [0.717, 1.165) is 4.90 Å². The van der Waals surface area contributed by atoms with Gasteiger partial charge in [0.15, 0.2) is 11.6 Å². The number of ketones is 2. The summed E-state index contributed by atoms with van der Waals surface area (Å²) in [6, 6.07) is 3.13. The van der Waals surface area contributed by atoms with Crippen LogP contribution >= 0.6 is 11.6 Å². The molecule has 0 saturated carbocycles. The third-order valence-corrected chi connectivity index (χ3v) is 4.70. The molecule has 1 aromatic rings. The first kappa shape index (κ1) is 20.8. The number of rotatable bonds is 5. The third kappa shape index (κ3) is 3.65. The van der Waals surface area contributed by atoms with Gasteiger partial charge in [0.2, 0.25) is 5.78 Å². The lowest BCUT2D eigenvalue weighted by atomic mass is 9.77. The maximum Gasteiger partial charge on any atom is 0.295 e. The molecule has 0 bridgehead atoms.